The van der Waals surface area contributed by atoms with E-state index in [2.05, 4.69) is 0 Å². The Labute approximate surface area is 123 Å². The molecule has 1 aromatic carbocycles. The normalized spacial score (nSPS) is 21.6. The summed E-state index contributed by atoms with van der Waals surface area (Å²) in [5.41, 5.74) is -0.0327. The first-order valence-electron chi connectivity index (χ1n) is 6.24. The molecule has 108 valence electrons. The van der Waals surface area contributed by atoms with Crippen LogP contribution in [0.4, 0.5) is 0 Å². The molecule has 1 N–H and O–H groups in total. The minimum Gasteiger partial charge on any atom is -0.393 e. The monoisotopic (exact) mass is 314 g/mol. The minimum atomic E-state index is -3.76. The zero-order valence-electron chi connectivity index (χ0n) is 11.0. The van der Waals surface area contributed by atoms with Crippen molar-refractivity contribution < 1.29 is 13.5 Å². The molecule has 2 unspecified atom stereocenters. The molecular formula is C13H15ClN2O3S. The lowest BCUT2D eigenvalue weighted by molar-refractivity contribution is 0.133. The Kier molecular flexibility index (Phi) is 4.35. The number of aliphatic hydroxyl groups excluding tert-OH is 1. The van der Waals surface area contributed by atoms with E-state index in [1.54, 1.807) is 6.92 Å². The van der Waals surface area contributed by atoms with Gasteiger partial charge in [0.1, 0.15) is 11.0 Å². The first kappa shape index (κ1) is 15.3. The molecule has 20 heavy (non-hydrogen) atoms. The summed E-state index contributed by atoms with van der Waals surface area (Å²) in [5, 5.41) is 18.8. The van der Waals surface area contributed by atoms with Crippen molar-refractivity contribution >= 4 is 21.6 Å². The standard InChI is InChI=1S/C13H15ClN2O3S/c1-9(17)10-5-6-16(8-10)20(18,19)13-4-2-3-12(14)11(13)7-15/h2-4,9-10,17H,5-6,8H2,1H3. The number of rotatable bonds is 3. The number of halogens is 1. The van der Waals surface area contributed by atoms with Crippen LogP contribution in [0.2, 0.25) is 5.02 Å². The van der Waals surface area contributed by atoms with E-state index in [0.717, 1.165) is 0 Å². The molecule has 0 aromatic heterocycles. The molecule has 7 heteroatoms. The number of sulfonamides is 1. The Morgan fingerprint density at radius 3 is 2.80 bits per heavy atom. The van der Waals surface area contributed by atoms with Gasteiger partial charge in [0.15, 0.2) is 0 Å². The predicted molar refractivity (Wildman–Crippen MR) is 74.7 cm³/mol. The molecule has 2 rings (SSSR count). The third-order valence-electron chi connectivity index (χ3n) is 3.57. The van der Waals surface area contributed by atoms with Crippen LogP contribution in [0.1, 0.15) is 18.9 Å². The molecule has 0 amide bonds. The Morgan fingerprint density at radius 1 is 1.55 bits per heavy atom. The van der Waals surface area contributed by atoms with Crippen LogP contribution in [0.3, 0.4) is 0 Å². The van der Waals surface area contributed by atoms with Crippen LogP contribution in [0.25, 0.3) is 0 Å². The Hall–Kier alpha value is -1.13. The third kappa shape index (κ3) is 2.67. The Bertz CT molecular complexity index is 652. The molecule has 5 nitrogen and oxygen atoms in total. The van der Waals surface area contributed by atoms with Gasteiger partial charge in [-0.3, -0.25) is 0 Å². The van der Waals surface area contributed by atoms with Crippen molar-refractivity contribution in [3.8, 4) is 6.07 Å². The molecular weight excluding hydrogens is 300 g/mol. The van der Waals surface area contributed by atoms with E-state index < -0.39 is 16.1 Å². The van der Waals surface area contributed by atoms with E-state index in [9.17, 15) is 13.5 Å². The Balaban J connectivity index is 2.38. The third-order valence-corrected chi connectivity index (χ3v) is 5.80. The summed E-state index contributed by atoms with van der Waals surface area (Å²) >= 11 is 5.88. The molecule has 1 heterocycles. The largest absolute Gasteiger partial charge is 0.393 e. The molecule has 2 atom stereocenters. The zero-order chi connectivity index (χ0) is 14.9. The second-order valence-corrected chi connectivity index (χ2v) is 7.19. The van der Waals surface area contributed by atoms with Crippen LogP contribution >= 0.6 is 11.6 Å². The fourth-order valence-corrected chi connectivity index (χ4v) is 4.28. The van der Waals surface area contributed by atoms with Crippen LogP contribution in [0, 0.1) is 17.2 Å². The first-order valence-corrected chi connectivity index (χ1v) is 8.06. The fourth-order valence-electron chi connectivity index (χ4n) is 2.33. The van der Waals surface area contributed by atoms with Crippen molar-refractivity contribution in [2.24, 2.45) is 5.92 Å². The van der Waals surface area contributed by atoms with Crippen LogP contribution in [-0.2, 0) is 10.0 Å². The molecule has 1 aliphatic heterocycles. The minimum absolute atomic E-state index is 0.0327. The quantitative estimate of drug-likeness (QED) is 0.919. The summed E-state index contributed by atoms with van der Waals surface area (Å²) in [7, 11) is -3.76. The van der Waals surface area contributed by atoms with Crippen molar-refractivity contribution in [3.63, 3.8) is 0 Å². The lowest BCUT2D eigenvalue weighted by Gasteiger charge is -2.18. The molecule has 1 aliphatic rings. The van der Waals surface area contributed by atoms with Crippen LogP contribution in [0.15, 0.2) is 23.1 Å². The van der Waals surface area contributed by atoms with Gasteiger partial charge in [-0.05, 0) is 31.4 Å². The number of hydrogen-bond acceptors (Lipinski definition) is 4. The second kappa shape index (κ2) is 5.70. The van der Waals surface area contributed by atoms with Crippen molar-refractivity contribution in [2.75, 3.05) is 13.1 Å². The zero-order valence-corrected chi connectivity index (χ0v) is 12.5. The molecule has 0 saturated carbocycles. The highest BCUT2D eigenvalue weighted by Gasteiger charge is 2.35. The van der Waals surface area contributed by atoms with E-state index >= 15 is 0 Å². The molecule has 0 spiro atoms. The van der Waals surface area contributed by atoms with Gasteiger partial charge < -0.3 is 5.11 Å². The van der Waals surface area contributed by atoms with Gasteiger partial charge >= 0.3 is 0 Å². The second-order valence-electron chi connectivity index (χ2n) is 4.88. The summed E-state index contributed by atoms with van der Waals surface area (Å²) < 4.78 is 26.4. The smallest absolute Gasteiger partial charge is 0.244 e. The maximum absolute atomic E-state index is 12.6. The van der Waals surface area contributed by atoms with Crippen LogP contribution < -0.4 is 0 Å². The lowest BCUT2D eigenvalue weighted by atomic mass is 10.0. The van der Waals surface area contributed by atoms with Gasteiger partial charge in [0.05, 0.1) is 16.7 Å². The highest BCUT2D eigenvalue weighted by atomic mass is 35.5. The van der Waals surface area contributed by atoms with E-state index in [4.69, 9.17) is 16.9 Å². The van der Waals surface area contributed by atoms with Crippen molar-refractivity contribution in [1.82, 2.24) is 4.31 Å². The molecule has 1 saturated heterocycles. The lowest BCUT2D eigenvalue weighted by Crippen LogP contribution is -2.31. The van der Waals surface area contributed by atoms with Crippen molar-refractivity contribution in [1.29, 1.82) is 5.26 Å². The van der Waals surface area contributed by atoms with E-state index in [1.807, 2.05) is 6.07 Å². The van der Waals surface area contributed by atoms with Gasteiger partial charge in [-0.25, -0.2) is 8.42 Å². The number of hydrogen-bond donors (Lipinski definition) is 1. The van der Waals surface area contributed by atoms with Gasteiger partial charge in [0, 0.05) is 13.1 Å². The SMILES string of the molecule is CC(O)C1CCN(S(=O)(=O)c2cccc(Cl)c2C#N)C1. The number of benzene rings is 1. The summed E-state index contributed by atoms with van der Waals surface area (Å²) in [6.45, 7) is 2.26. The average molecular weight is 315 g/mol. The van der Waals surface area contributed by atoms with Gasteiger partial charge in [-0.15, -0.1) is 0 Å². The summed E-state index contributed by atoms with van der Waals surface area (Å²) in [6, 6.07) is 6.22. The molecule has 1 aromatic rings. The number of aliphatic hydroxyl groups is 1. The first-order chi connectivity index (χ1) is 9.37. The fraction of sp³-hybridized carbons (Fsp3) is 0.462. The Morgan fingerprint density at radius 2 is 2.25 bits per heavy atom. The number of nitrogens with zero attached hydrogens (tertiary/aromatic N) is 2. The predicted octanol–water partition coefficient (Wildman–Crippen LogP) is 1.60. The maximum atomic E-state index is 12.6. The molecule has 1 fully saturated rings. The van der Waals surface area contributed by atoms with E-state index in [1.165, 1.54) is 22.5 Å². The maximum Gasteiger partial charge on any atom is 0.244 e. The average Bonchev–Trinajstić information content (AvgIpc) is 2.88. The topological polar surface area (TPSA) is 81.4 Å². The van der Waals surface area contributed by atoms with E-state index in [-0.39, 0.29) is 27.9 Å². The van der Waals surface area contributed by atoms with E-state index in [0.29, 0.717) is 13.0 Å². The van der Waals surface area contributed by atoms with Crippen molar-refractivity contribution in [3.05, 3.63) is 28.8 Å². The summed E-state index contributed by atoms with van der Waals surface area (Å²) in [4.78, 5) is -0.0706. The number of nitriles is 1. The van der Waals surface area contributed by atoms with Crippen molar-refractivity contribution in [2.45, 2.75) is 24.3 Å². The van der Waals surface area contributed by atoms with Crippen LogP contribution in [0.5, 0.6) is 0 Å². The van der Waals surface area contributed by atoms with Gasteiger partial charge in [0.25, 0.3) is 0 Å². The van der Waals surface area contributed by atoms with Gasteiger partial charge in [0.2, 0.25) is 10.0 Å². The molecule has 0 radical (unpaired) electrons. The van der Waals surface area contributed by atoms with Gasteiger partial charge in [-0.1, -0.05) is 17.7 Å². The molecule has 0 bridgehead atoms. The highest BCUT2D eigenvalue weighted by Crippen LogP contribution is 2.30. The van der Waals surface area contributed by atoms with Crippen LogP contribution in [-0.4, -0.2) is 37.0 Å². The van der Waals surface area contributed by atoms with Gasteiger partial charge in [-0.2, -0.15) is 9.57 Å². The summed E-state index contributed by atoms with van der Waals surface area (Å²) in [6.07, 6.45) is 0.0595. The highest BCUT2D eigenvalue weighted by molar-refractivity contribution is 7.89. The summed E-state index contributed by atoms with van der Waals surface area (Å²) in [5.74, 6) is -0.0745. The molecule has 0 aliphatic carbocycles.